The van der Waals surface area contributed by atoms with Gasteiger partial charge in [-0.2, -0.15) is 15.1 Å². The maximum atomic E-state index is 14.7. The summed E-state index contributed by atoms with van der Waals surface area (Å²) in [7, 11) is 3.46. The highest BCUT2D eigenvalue weighted by molar-refractivity contribution is 5.92. The summed E-state index contributed by atoms with van der Waals surface area (Å²) in [5.74, 6) is 0.933. The molecule has 2 aromatic heterocycles. The second kappa shape index (κ2) is 13.8. The van der Waals surface area contributed by atoms with Gasteiger partial charge in [0.25, 0.3) is 5.91 Å². The average molecular weight is 745 g/mol. The molecular weight excluding hydrogens is 691 g/mol. The van der Waals surface area contributed by atoms with Crippen molar-refractivity contribution < 1.29 is 28.2 Å². The molecule has 5 aliphatic rings. The minimum Gasteiger partial charge on any atom is -0.461 e. The normalized spacial score (nSPS) is 26.4. The molecule has 1 unspecified atom stereocenters. The van der Waals surface area contributed by atoms with E-state index in [2.05, 4.69) is 33.2 Å². The van der Waals surface area contributed by atoms with Crippen LogP contribution in [0.4, 0.5) is 20.7 Å². The highest BCUT2D eigenvalue weighted by Crippen LogP contribution is 2.50. The molecular formula is C40H53FN8O5. The number of halogens is 1. The van der Waals surface area contributed by atoms with Crippen LogP contribution in [0.2, 0.25) is 0 Å². The molecule has 1 aliphatic carbocycles. The Hall–Kier alpha value is -4.30. The quantitative estimate of drug-likeness (QED) is 0.324. The number of fused-ring (bicyclic) bond motifs is 5. The molecule has 6 heterocycles. The molecule has 2 amide bonds. The number of ether oxygens (including phenoxy) is 3. The number of alkyl halides is 1. The van der Waals surface area contributed by atoms with Crippen LogP contribution >= 0.6 is 0 Å². The average Bonchev–Trinajstić information content (AvgIpc) is 3.74. The lowest BCUT2D eigenvalue weighted by Gasteiger charge is -2.44. The molecule has 290 valence electrons. The zero-order chi connectivity index (χ0) is 38.0. The topological polar surface area (TPSA) is 127 Å². The summed E-state index contributed by atoms with van der Waals surface area (Å²) in [6.45, 7) is 11.6. The van der Waals surface area contributed by atoms with E-state index in [1.807, 2.05) is 43.7 Å². The summed E-state index contributed by atoms with van der Waals surface area (Å²) in [6.07, 6.45) is 4.03. The van der Waals surface area contributed by atoms with Gasteiger partial charge in [-0.25, -0.2) is 9.18 Å². The fourth-order valence-electron chi connectivity index (χ4n) is 9.22. The van der Waals surface area contributed by atoms with Crippen molar-refractivity contribution in [2.75, 3.05) is 50.6 Å². The minimum absolute atomic E-state index is 0.134. The van der Waals surface area contributed by atoms with Crippen molar-refractivity contribution >= 4 is 23.5 Å². The summed E-state index contributed by atoms with van der Waals surface area (Å²) in [5, 5.41) is 7.58. The lowest BCUT2D eigenvalue weighted by atomic mass is 9.71. The van der Waals surface area contributed by atoms with E-state index >= 15 is 0 Å². The molecule has 1 N–H and O–H groups in total. The number of rotatable bonds is 6. The van der Waals surface area contributed by atoms with Gasteiger partial charge in [0.1, 0.15) is 24.2 Å². The number of aromatic nitrogens is 4. The first kappa shape index (κ1) is 36.7. The largest absolute Gasteiger partial charge is 0.461 e. The predicted molar refractivity (Wildman–Crippen MR) is 201 cm³/mol. The first-order valence-corrected chi connectivity index (χ1v) is 19.4. The minimum atomic E-state index is -0.861. The third-order valence-electron chi connectivity index (χ3n) is 11.9. The lowest BCUT2D eigenvalue weighted by molar-refractivity contribution is -0.0872. The van der Waals surface area contributed by atoms with E-state index in [1.54, 1.807) is 19.0 Å². The van der Waals surface area contributed by atoms with E-state index in [9.17, 15) is 14.0 Å². The number of carbonyl (C=O) groups excluding carboxylic acids is 2. The molecule has 13 nitrogen and oxygen atoms in total. The molecule has 3 aromatic rings. The number of hydrogen-bond acceptors (Lipinski definition) is 10. The van der Waals surface area contributed by atoms with Gasteiger partial charge in [0.05, 0.1) is 35.7 Å². The van der Waals surface area contributed by atoms with Gasteiger partial charge < -0.3 is 24.0 Å². The lowest BCUT2D eigenvalue weighted by Crippen LogP contribution is -2.44. The number of hydrogen-bond donors (Lipinski definition) is 1. The molecule has 0 radical (unpaired) electrons. The standard InChI is InChI=1S/C40H53FN8O5/c1-25-11-13-40(31-17-27(9-10-29(25)31)42-37(51)54-38(2,3)4)20-33-30(23-53-40)34(44-36(43-33)52-24-39-12-7-15-48(39)21-26(41)19-39)47-14-8-16-49-28(22-47)18-32(45-49)35(50)46(5)6/h9-10,17-18,25-26H,7-8,11-16,19-24H2,1-6H3,(H,42,51)/t25-,26-,39+,40?/m1/s1. The van der Waals surface area contributed by atoms with Crippen LogP contribution in [0.3, 0.4) is 0 Å². The van der Waals surface area contributed by atoms with Crippen LogP contribution in [0.15, 0.2) is 24.3 Å². The molecule has 2 saturated heterocycles. The SMILES string of the molecule is C[C@@H]1CCC2(Cc3nc(OC[C@@]45CCCN4C[C@H](F)C5)nc(N4CCCn5nc(C(=O)N(C)C)cc5C4)c3CO2)c2cc(NC(=O)OC(C)(C)C)ccc21. The second-order valence-corrected chi connectivity index (χ2v) is 17.2. The Balaban J connectivity index is 1.15. The van der Waals surface area contributed by atoms with Gasteiger partial charge in [0.15, 0.2) is 5.69 Å². The predicted octanol–water partition coefficient (Wildman–Crippen LogP) is 5.95. The van der Waals surface area contributed by atoms with Crippen LogP contribution in [0.1, 0.15) is 111 Å². The summed E-state index contributed by atoms with van der Waals surface area (Å²) < 4.78 is 35.7. The fourth-order valence-corrected chi connectivity index (χ4v) is 9.22. The molecule has 0 bridgehead atoms. The zero-order valence-electron chi connectivity index (χ0n) is 32.4. The molecule has 54 heavy (non-hydrogen) atoms. The Morgan fingerprint density at radius 3 is 2.74 bits per heavy atom. The maximum absolute atomic E-state index is 14.7. The highest BCUT2D eigenvalue weighted by Gasteiger charge is 2.50. The van der Waals surface area contributed by atoms with Crippen molar-refractivity contribution in [3.63, 3.8) is 0 Å². The Labute approximate surface area is 316 Å². The van der Waals surface area contributed by atoms with E-state index in [0.29, 0.717) is 63.0 Å². The van der Waals surface area contributed by atoms with Gasteiger partial charge in [0, 0.05) is 57.8 Å². The van der Waals surface area contributed by atoms with Crippen LogP contribution in [0.5, 0.6) is 6.01 Å². The molecule has 1 spiro atoms. The number of anilines is 2. The fraction of sp³-hybridized carbons (Fsp3) is 0.625. The maximum Gasteiger partial charge on any atom is 0.412 e. The van der Waals surface area contributed by atoms with Crippen LogP contribution in [-0.4, -0.2) is 99.2 Å². The van der Waals surface area contributed by atoms with Crippen LogP contribution < -0.4 is 15.0 Å². The number of amides is 2. The van der Waals surface area contributed by atoms with Crippen LogP contribution in [0, 0.1) is 0 Å². The van der Waals surface area contributed by atoms with Crippen molar-refractivity contribution in [2.45, 2.75) is 121 Å². The van der Waals surface area contributed by atoms with Gasteiger partial charge in [-0.1, -0.05) is 13.0 Å². The van der Waals surface area contributed by atoms with E-state index in [0.717, 1.165) is 73.5 Å². The van der Waals surface area contributed by atoms with Gasteiger partial charge in [-0.05, 0) is 94.7 Å². The van der Waals surface area contributed by atoms with E-state index in [4.69, 9.17) is 24.2 Å². The zero-order valence-corrected chi connectivity index (χ0v) is 32.4. The Bertz CT molecular complexity index is 1950. The van der Waals surface area contributed by atoms with Crippen LogP contribution in [-0.2, 0) is 41.2 Å². The summed E-state index contributed by atoms with van der Waals surface area (Å²) in [6, 6.07) is 8.22. The highest BCUT2D eigenvalue weighted by atomic mass is 19.1. The summed E-state index contributed by atoms with van der Waals surface area (Å²) in [5.41, 5.74) is 4.38. The monoisotopic (exact) mass is 744 g/mol. The van der Waals surface area contributed by atoms with Crippen molar-refractivity contribution in [1.82, 2.24) is 29.5 Å². The number of carbonyl (C=O) groups is 2. The number of aryl methyl sites for hydroxylation is 1. The van der Waals surface area contributed by atoms with Gasteiger partial charge in [0.2, 0.25) is 0 Å². The van der Waals surface area contributed by atoms with Crippen molar-refractivity contribution in [1.29, 1.82) is 0 Å². The third-order valence-corrected chi connectivity index (χ3v) is 11.9. The molecule has 0 saturated carbocycles. The van der Waals surface area contributed by atoms with Crippen LogP contribution in [0.25, 0.3) is 0 Å². The Morgan fingerprint density at radius 2 is 1.94 bits per heavy atom. The number of benzene rings is 1. The molecule has 2 fully saturated rings. The van der Waals surface area contributed by atoms with Gasteiger partial charge in [-0.3, -0.25) is 19.7 Å². The number of nitrogens with zero attached hydrogens (tertiary/aromatic N) is 7. The molecule has 14 heteroatoms. The smallest absolute Gasteiger partial charge is 0.412 e. The Kier molecular flexibility index (Phi) is 9.35. The molecule has 4 aliphatic heterocycles. The molecule has 4 atom stereocenters. The van der Waals surface area contributed by atoms with Gasteiger partial charge >= 0.3 is 12.1 Å². The van der Waals surface area contributed by atoms with Crippen molar-refractivity contribution in [3.05, 3.63) is 58.0 Å². The first-order chi connectivity index (χ1) is 25.7. The molecule has 8 rings (SSSR count). The second-order valence-electron chi connectivity index (χ2n) is 17.2. The number of nitrogens with one attached hydrogen (secondary N) is 1. The van der Waals surface area contributed by atoms with Crippen molar-refractivity contribution in [2.24, 2.45) is 0 Å². The Morgan fingerprint density at radius 1 is 1.11 bits per heavy atom. The third kappa shape index (κ3) is 6.91. The van der Waals surface area contributed by atoms with E-state index in [-0.39, 0.29) is 17.5 Å². The van der Waals surface area contributed by atoms with Gasteiger partial charge in [-0.15, -0.1) is 0 Å². The first-order valence-electron chi connectivity index (χ1n) is 19.4. The van der Waals surface area contributed by atoms with Crippen molar-refractivity contribution in [3.8, 4) is 6.01 Å². The summed E-state index contributed by atoms with van der Waals surface area (Å²) >= 11 is 0. The van der Waals surface area contributed by atoms with E-state index < -0.39 is 23.5 Å². The molecule has 1 aromatic carbocycles. The van der Waals surface area contributed by atoms with E-state index in [1.165, 1.54) is 5.56 Å². The summed E-state index contributed by atoms with van der Waals surface area (Å²) in [4.78, 5) is 41.8.